The molecule has 3 nitrogen and oxygen atoms in total. The molecule has 0 unspecified atom stereocenters. The molecule has 15 heavy (non-hydrogen) atoms. The minimum atomic E-state index is 0.179. The molecule has 4 heteroatoms. The average molecular weight is 271 g/mol. The first kappa shape index (κ1) is 10.9. The van der Waals surface area contributed by atoms with E-state index >= 15 is 0 Å². The van der Waals surface area contributed by atoms with E-state index in [0.29, 0.717) is 12.6 Å². The van der Waals surface area contributed by atoms with Crippen LogP contribution < -0.4 is 4.90 Å². The van der Waals surface area contributed by atoms with Gasteiger partial charge in [-0.15, -0.1) is 0 Å². The summed E-state index contributed by atoms with van der Waals surface area (Å²) in [6, 6.07) is 2.56. The molecule has 1 N–H and O–H groups in total. The first-order chi connectivity index (χ1) is 7.24. The van der Waals surface area contributed by atoms with E-state index in [-0.39, 0.29) is 6.61 Å². The van der Waals surface area contributed by atoms with Crippen LogP contribution in [0, 0.1) is 6.92 Å². The lowest BCUT2D eigenvalue weighted by Gasteiger charge is -2.24. The number of pyridine rings is 1. The van der Waals surface area contributed by atoms with Crippen molar-refractivity contribution < 1.29 is 5.11 Å². The van der Waals surface area contributed by atoms with Crippen molar-refractivity contribution in [1.82, 2.24) is 4.98 Å². The molecule has 0 amide bonds. The highest BCUT2D eigenvalue weighted by Crippen LogP contribution is 2.35. The Morgan fingerprint density at radius 2 is 2.33 bits per heavy atom. The molecule has 0 aliphatic heterocycles. The second kappa shape index (κ2) is 4.49. The molecule has 1 aliphatic carbocycles. The van der Waals surface area contributed by atoms with Crippen LogP contribution in [-0.2, 0) is 0 Å². The van der Waals surface area contributed by atoms with E-state index in [9.17, 15) is 0 Å². The molecule has 1 aromatic rings. The maximum absolute atomic E-state index is 9.05. The van der Waals surface area contributed by atoms with Gasteiger partial charge in [0.05, 0.1) is 11.1 Å². The summed E-state index contributed by atoms with van der Waals surface area (Å²) >= 11 is 3.56. The first-order valence-corrected chi connectivity index (χ1v) is 6.02. The van der Waals surface area contributed by atoms with Crippen LogP contribution in [0.2, 0.25) is 0 Å². The normalized spacial score (nSPS) is 15.4. The Kier molecular flexibility index (Phi) is 3.26. The Morgan fingerprint density at radius 1 is 1.60 bits per heavy atom. The third kappa shape index (κ3) is 2.32. The number of hydrogen-bond acceptors (Lipinski definition) is 3. The van der Waals surface area contributed by atoms with Gasteiger partial charge in [-0.1, -0.05) is 0 Å². The van der Waals surface area contributed by atoms with Crippen LogP contribution in [0.5, 0.6) is 0 Å². The van der Waals surface area contributed by atoms with Crippen molar-refractivity contribution in [3.8, 4) is 0 Å². The van der Waals surface area contributed by atoms with Gasteiger partial charge in [0.1, 0.15) is 5.82 Å². The van der Waals surface area contributed by atoms with E-state index in [1.54, 1.807) is 0 Å². The number of rotatable bonds is 4. The fourth-order valence-electron chi connectivity index (χ4n) is 1.68. The lowest BCUT2D eigenvalue weighted by Crippen LogP contribution is -2.30. The maximum Gasteiger partial charge on any atom is 0.143 e. The van der Waals surface area contributed by atoms with E-state index < -0.39 is 0 Å². The molecule has 0 radical (unpaired) electrons. The van der Waals surface area contributed by atoms with Gasteiger partial charge < -0.3 is 10.0 Å². The number of aliphatic hydroxyl groups excluding tert-OH is 1. The molecule has 1 aromatic heterocycles. The molecule has 1 saturated carbocycles. The standard InChI is InChI=1S/C11H15BrN2O/c1-8-4-5-13-11(10(8)12)14(6-7-15)9-2-3-9/h4-5,9,15H,2-3,6-7H2,1H3. The van der Waals surface area contributed by atoms with Crippen LogP contribution in [0.25, 0.3) is 0 Å². The number of aromatic nitrogens is 1. The van der Waals surface area contributed by atoms with Gasteiger partial charge in [-0.3, -0.25) is 0 Å². The summed E-state index contributed by atoms with van der Waals surface area (Å²) in [4.78, 5) is 6.58. The second-order valence-corrected chi connectivity index (χ2v) is 4.71. The number of anilines is 1. The van der Waals surface area contributed by atoms with Crippen LogP contribution in [0.15, 0.2) is 16.7 Å². The predicted octanol–water partition coefficient (Wildman–Crippen LogP) is 2.11. The predicted molar refractivity (Wildman–Crippen MR) is 64.1 cm³/mol. The summed E-state index contributed by atoms with van der Waals surface area (Å²) in [5.74, 6) is 0.964. The van der Waals surface area contributed by atoms with Gasteiger partial charge in [0.2, 0.25) is 0 Å². The number of halogens is 1. The van der Waals surface area contributed by atoms with Crippen molar-refractivity contribution in [3.63, 3.8) is 0 Å². The SMILES string of the molecule is Cc1ccnc(N(CCO)C2CC2)c1Br. The Balaban J connectivity index is 2.28. The smallest absolute Gasteiger partial charge is 0.143 e. The van der Waals surface area contributed by atoms with Crippen LogP contribution in [0.4, 0.5) is 5.82 Å². The molecule has 1 fully saturated rings. The van der Waals surface area contributed by atoms with Crippen molar-refractivity contribution >= 4 is 21.7 Å². The molecule has 82 valence electrons. The zero-order valence-corrected chi connectivity index (χ0v) is 10.4. The largest absolute Gasteiger partial charge is 0.395 e. The summed E-state index contributed by atoms with van der Waals surface area (Å²) in [6.07, 6.45) is 4.24. The van der Waals surface area contributed by atoms with Gasteiger partial charge in [-0.05, 0) is 47.3 Å². The van der Waals surface area contributed by atoms with Crippen LogP contribution in [0.3, 0.4) is 0 Å². The third-order valence-electron chi connectivity index (χ3n) is 2.66. The summed E-state index contributed by atoms with van der Waals surface area (Å²) in [7, 11) is 0. The van der Waals surface area contributed by atoms with Gasteiger partial charge >= 0.3 is 0 Å². The molecule has 0 spiro atoms. The van der Waals surface area contributed by atoms with E-state index in [2.05, 4.69) is 32.7 Å². The summed E-state index contributed by atoms with van der Waals surface area (Å²) in [6.45, 7) is 2.90. The Bertz CT molecular complexity index is 352. The number of aryl methyl sites for hydroxylation is 1. The Morgan fingerprint density at radius 3 is 2.93 bits per heavy atom. The lowest BCUT2D eigenvalue weighted by molar-refractivity contribution is 0.301. The van der Waals surface area contributed by atoms with E-state index in [1.165, 1.54) is 18.4 Å². The Hall–Kier alpha value is -0.610. The van der Waals surface area contributed by atoms with Crippen molar-refractivity contribution in [2.75, 3.05) is 18.1 Å². The molecule has 0 aromatic carbocycles. The van der Waals surface area contributed by atoms with Crippen molar-refractivity contribution in [3.05, 3.63) is 22.3 Å². The Labute approximate surface area is 98.3 Å². The average Bonchev–Trinajstić information content (AvgIpc) is 3.03. The van der Waals surface area contributed by atoms with Crippen LogP contribution in [-0.4, -0.2) is 29.3 Å². The van der Waals surface area contributed by atoms with Gasteiger partial charge in [-0.25, -0.2) is 4.98 Å². The number of aliphatic hydroxyl groups is 1. The van der Waals surface area contributed by atoms with Crippen LogP contribution in [0.1, 0.15) is 18.4 Å². The molecule has 0 saturated heterocycles. The van der Waals surface area contributed by atoms with E-state index in [0.717, 1.165) is 10.3 Å². The van der Waals surface area contributed by atoms with Crippen molar-refractivity contribution in [2.24, 2.45) is 0 Å². The lowest BCUT2D eigenvalue weighted by atomic mass is 10.3. The van der Waals surface area contributed by atoms with Gasteiger partial charge in [0.15, 0.2) is 0 Å². The highest BCUT2D eigenvalue weighted by molar-refractivity contribution is 9.10. The molecule has 1 heterocycles. The summed E-state index contributed by atoms with van der Waals surface area (Å²) in [5.41, 5.74) is 1.18. The molecular weight excluding hydrogens is 256 g/mol. The quantitative estimate of drug-likeness (QED) is 0.911. The molecular formula is C11H15BrN2O. The fourth-order valence-corrected chi connectivity index (χ4v) is 2.14. The number of nitrogens with zero attached hydrogens (tertiary/aromatic N) is 2. The van der Waals surface area contributed by atoms with Gasteiger partial charge in [0.25, 0.3) is 0 Å². The topological polar surface area (TPSA) is 36.4 Å². The zero-order valence-electron chi connectivity index (χ0n) is 8.78. The summed E-state index contributed by atoms with van der Waals surface area (Å²) < 4.78 is 1.05. The summed E-state index contributed by atoms with van der Waals surface area (Å²) in [5, 5.41) is 9.05. The van der Waals surface area contributed by atoms with Gasteiger partial charge in [-0.2, -0.15) is 0 Å². The highest BCUT2D eigenvalue weighted by Gasteiger charge is 2.30. The van der Waals surface area contributed by atoms with Crippen molar-refractivity contribution in [1.29, 1.82) is 0 Å². The van der Waals surface area contributed by atoms with E-state index in [4.69, 9.17) is 5.11 Å². The molecule has 2 rings (SSSR count). The molecule has 1 aliphatic rings. The minimum absolute atomic E-state index is 0.179. The zero-order chi connectivity index (χ0) is 10.8. The van der Waals surface area contributed by atoms with E-state index in [1.807, 2.05) is 12.3 Å². The highest BCUT2D eigenvalue weighted by atomic mass is 79.9. The van der Waals surface area contributed by atoms with Gasteiger partial charge in [0, 0.05) is 18.8 Å². The van der Waals surface area contributed by atoms with Crippen molar-refractivity contribution in [2.45, 2.75) is 25.8 Å². The first-order valence-electron chi connectivity index (χ1n) is 5.22. The minimum Gasteiger partial charge on any atom is -0.395 e. The molecule has 0 bridgehead atoms. The monoisotopic (exact) mass is 270 g/mol. The molecule has 0 atom stereocenters. The fraction of sp³-hybridized carbons (Fsp3) is 0.545. The third-order valence-corrected chi connectivity index (χ3v) is 3.64. The number of hydrogen-bond donors (Lipinski definition) is 1. The van der Waals surface area contributed by atoms with Crippen LogP contribution >= 0.6 is 15.9 Å². The second-order valence-electron chi connectivity index (χ2n) is 3.91. The maximum atomic E-state index is 9.05.